The van der Waals surface area contributed by atoms with E-state index in [1.54, 1.807) is 0 Å². The Morgan fingerprint density at radius 3 is 2.37 bits per heavy atom. The van der Waals surface area contributed by atoms with Crippen LogP contribution in [-0.2, 0) is 13.1 Å². The summed E-state index contributed by atoms with van der Waals surface area (Å²) in [7, 11) is 0. The van der Waals surface area contributed by atoms with Gasteiger partial charge < -0.3 is 15.1 Å². The number of amides is 1. The second kappa shape index (κ2) is 6.68. The van der Waals surface area contributed by atoms with Gasteiger partial charge >= 0.3 is 0 Å². The van der Waals surface area contributed by atoms with Gasteiger partial charge in [-0.25, -0.2) is 0 Å². The molecule has 3 heterocycles. The molecule has 1 spiro atoms. The molecule has 2 fully saturated rings. The lowest BCUT2D eigenvalue weighted by molar-refractivity contribution is 0.0764. The van der Waals surface area contributed by atoms with Gasteiger partial charge in [-0.3, -0.25) is 4.79 Å². The number of carbonyl (C=O) groups is 1. The summed E-state index contributed by atoms with van der Waals surface area (Å²) in [5.41, 5.74) is 5.13. The van der Waals surface area contributed by atoms with Crippen molar-refractivity contribution in [3.05, 3.63) is 65.2 Å². The second-order valence-electron chi connectivity index (χ2n) is 8.43. The largest absolute Gasteiger partial charge is 0.363 e. The number of anilines is 1. The fourth-order valence-electron chi connectivity index (χ4n) is 5.00. The van der Waals surface area contributed by atoms with Crippen molar-refractivity contribution in [2.24, 2.45) is 5.41 Å². The Morgan fingerprint density at radius 1 is 0.963 bits per heavy atom. The Kier molecular flexibility index (Phi) is 4.16. The summed E-state index contributed by atoms with van der Waals surface area (Å²) in [6.45, 7) is 5.88. The molecule has 0 bridgehead atoms. The van der Waals surface area contributed by atoms with E-state index in [0.29, 0.717) is 5.41 Å². The maximum atomic E-state index is 13.0. The molecule has 1 N–H and O–H groups in total. The zero-order valence-corrected chi connectivity index (χ0v) is 15.8. The minimum atomic E-state index is 0.189. The molecule has 1 unspecified atom stereocenters. The number of piperidine rings is 1. The molecular formula is C23H27N3O. The molecule has 5 rings (SSSR count). The Hall–Kier alpha value is -2.33. The highest BCUT2D eigenvalue weighted by Crippen LogP contribution is 2.37. The van der Waals surface area contributed by atoms with Gasteiger partial charge in [0.2, 0.25) is 0 Å². The minimum absolute atomic E-state index is 0.189. The van der Waals surface area contributed by atoms with Crippen LogP contribution >= 0.6 is 0 Å². The maximum Gasteiger partial charge on any atom is 0.253 e. The van der Waals surface area contributed by atoms with E-state index in [4.69, 9.17) is 0 Å². The van der Waals surface area contributed by atoms with Crippen molar-refractivity contribution in [1.29, 1.82) is 0 Å². The lowest BCUT2D eigenvalue weighted by Gasteiger charge is -2.33. The first kappa shape index (κ1) is 16.8. The van der Waals surface area contributed by atoms with E-state index < -0.39 is 0 Å². The Balaban J connectivity index is 1.26. The number of likely N-dealkylation sites (tertiary alicyclic amines) is 1. The summed E-state index contributed by atoms with van der Waals surface area (Å²) in [5, 5.41) is 3.52. The summed E-state index contributed by atoms with van der Waals surface area (Å²) in [6, 6.07) is 16.8. The highest BCUT2D eigenvalue weighted by Gasteiger charge is 2.40. The van der Waals surface area contributed by atoms with Gasteiger partial charge in [0.15, 0.2) is 0 Å². The van der Waals surface area contributed by atoms with Crippen molar-refractivity contribution in [3.63, 3.8) is 0 Å². The summed E-state index contributed by atoms with van der Waals surface area (Å²) in [6.07, 6.45) is 3.61. The third-order valence-corrected chi connectivity index (χ3v) is 6.61. The molecule has 27 heavy (non-hydrogen) atoms. The Bertz CT molecular complexity index is 814. The van der Waals surface area contributed by atoms with Crippen molar-refractivity contribution in [2.75, 3.05) is 31.1 Å². The number of carbonyl (C=O) groups excluding carboxylic acids is 1. The summed E-state index contributed by atoms with van der Waals surface area (Å²) in [4.78, 5) is 17.4. The van der Waals surface area contributed by atoms with Crippen LogP contribution in [0.15, 0.2) is 48.5 Å². The molecule has 4 heteroatoms. The van der Waals surface area contributed by atoms with Crippen LogP contribution in [0.5, 0.6) is 0 Å². The summed E-state index contributed by atoms with van der Waals surface area (Å²) >= 11 is 0. The van der Waals surface area contributed by atoms with Gasteiger partial charge in [0.05, 0.1) is 0 Å². The number of benzene rings is 2. The maximum absolute atomic E-state index is 13.0. The van der Waals surface area contributed by atoms with Crippen molar-refractivity contribution >= 4 is 11.6 Å². The van der Waals surface area contributed by atoms with E-state index >= 15 is 0 Å². The predicted octanol–water partition coefficient (Wildman–Crippen LogP) is 3.42. The molecule has 4 nitrogen and oxygen atoms in total. The summed E-state index contributed by atoms with van der Waals surface area (Å²) in [5.74, 6) is 0.189. The van der Waals surface area contributed by atoms with Crippen LogP contribution in [0.2, 0.25) is 0 Å². The molecule has 3 aliphatic rings. The zero-order valence-electron chi connectivity index (χ0n) is 15.8. The van der Waals surface area contributed by atoms with Crippen molar-refractivity contribution in [3.8, 4) is 0 Å². The average Bonchev–Trinajstić information content (AvgIpc) is 3.33. The van der Waals surface area contributed by atoms with Crippen LogP contribution < -0.4 is 10.2 Å². The van der Waals surface area contributed by atoms with E-state index in [9.17, 15) is 4.79 Å². The predicted molar refractivity (Wildman–Crippen MR) is 108 cm³/mol. The first-order valence-corrected chi connectivity index (χ1v) is 10.1. The number of hydrogen-bond donors (Lipinski definition) is 1. The molecule has 0 aromatic heterocycles. The van der Waals surface area contributed by atoms with Crippen LogP contribution in [-0.4, -0.2) is 37.0 Å². The van der Waals surface area contributed by atoms with E-state index in [2.05, 4.69) is 51.5 Å². The van der Waals surface area contributed by atoms with E-state index in [1.807, 2.05) is 12.1 Å². The quantitative estimate of drug-likeness (QED) is 0.890. The molecular weight excluding hydrogens is 334 g/mol. The van der Waals surface area contributed by atoms with Gasteiger partial charge in [-0.05, 0) is 61.2 Å². The number of rotatable bonds is 2. The van der Waals surface area contributed by atoms with E-state index in [0.717, 1.165) is 51.3 Å². The molecule has 140 valence electrons. The molecule has 1 amide bonds. The summed E-state index contributed by atoms with van der Waals surface area (Å²) < 4.78 is 0. The molecule has 0 radical (unpaired) electrons. The molecule has 3 aliphatic heterocycles. The van der Waals surface area contributed by atoms with Crippen LogP contribution in [0.3, 0.4) is 0 Å². The van der Waals surface area contributed by atoms with Gasteiger partial charge in [0.1, 0.15) is 0 Å². The lowest BCUT2D eigenvalue weighted by Crippen LogP contribution is -2.42. The van der Waals surface area contributed by atoms with E-state index in [-0.39, 0.29) is 5.91 Å². The zero-order chi connectivity index (χ0) is 18.3. The number of nitrogens with one attached hydrogen (secondary N) is 1. The molecule has 2 aromatic rings. The smallest absolute Gasteiger partial charge is 0.253 e. The van der Waals surface area contributed by atoms with Crippen molar-refractivity contribution < 1.29 is 4.79 Å². The third-order valence-electron chi connectivity index (χ3n) is 6.61. The monoisotopic (exact) mass is 361 g/mol. The Labute approximate surface area is 161 Å². The van der Waals surface area contributed by atoms with Crippen molar-refractivity contribution in [1.82, 2.24) is 10.2 Å². The lowest BCUT2D eigenvalue weighted by atomic mass is 9.80. The standard InChI is InChI=1S/C23H27N3O/c27-22(25-13-11-23(17-25)10-3-12-24-16-23)18-6-8-21(9-7-18)26-14-19-4-1-2-5-20(19)15-26/h1-2,4-9,24H,3,10-17H2. The van der Waals surface area contributed by atoms with Gasteiger partial charge in [-0.15, -0.1) is 0 Å². The SMILES string of the molecule is O=C(c1ccc(N2Cc3ccccc3C2)cc1)N1CCC2(CCCNC2)C1. The van der Waals surface area contributed by atoms with Gasteiger partial charge in [0, 0.05) is 49.4 Å². The first-order chi connectivity index (χ1) is 13.2. The number of fused-ring (bicyclic) bond motifs is 1. The fraction of sp³-hybridized carbons (Fsp3) is 0.435. The van der Waals surface area contributed by atoms with Gasteiger partial charge in [-0.2, -0.15) is 0 Å². The van der Waals surface area contributed by atoms with Gasteiger partial charge in [0.25, 0.3) is 5.91 Å². The van der Waals surface area contributed by atoms with Crippen LogP contribution in [0.4, 0.5) is 5.69 Å². The third kappa shape index (κ3) is 3.12. The number of nitrogens with zero attached hydrogens (tertiary/aromatic N) is 2. The van der Waals surface area contributed by atoms with Crippen LogP contribution in [0.1, 0.15) is 40.7 Å². The highest BCUT2D eigenvalue weighted by molar-refractivity contribution is 5.94. The molecule has 1 atom stereocenters. The topological polar surface area (TPSA) is 35.6 Å². The highest BCUT2D eigenvalue weighted by atomic mass is 16.2. The second-order valence-corrected chi connectivity index (χ2v) is 8.43. The average molecular weight is 361 g/mol. The van der Waals surface area contributed by atoms with Gasteiger partial charge in [-0.1, -0.05) is 24.3 Å². The molecule has 0 aliphatic carbocycles. The molecule has 2 aromatic carbocycles. The normalized spacial score (nSPS) is 24.4. The number of hydrogen-bond acceptors (Lipinski definition) is 3. The van der Waals surface area contributed by atoms with Crippen LogP contribution in [0.25, 0.3) is 0 Å². The van der Waals surface area contributed by atoms with Crippen LogP contribution in [0, 0.1) is 5.41 Å². The minimum Gasteiger partial charge on any atom is -0.363 e. The first-order valence-electron chi connectivity index (χ1n) is 10.1. The molecule has 0 saturated carbocycles. The van der Waals surface area contributed by atoms with E-state index in [1.165, 1.54) is 29.7 Å². The molecule has 2 saturated heterocycles. The Morgan fingerprint density at radius 2 is 1.70 bits per heavy atom. The fourth-order valence-corrected chi connectivity index (χ4v) is 5.00. The van der Waals surface area contributed by atoms with Crippen molar-refractivity contribution in [2.45, 2.75) is 32.4 Å².